The van der Waals surface area contributed by atoms with Crippen LogP contribution in [-0.4, -0.2) is 54.0 Å². The van der Waals surface area contributed by atoms with Crippen LogP contribution < -0.4 is 5.73 Å². The standard InChI is InChI=1S/C24H24F7N3O/c25-18-3-1-14(2-4-18)20-13-34(8-6-21(20)33-7-5-19(32)12-33)22(35)15-9-16(23(26,27)28)11-17(10-15)24(29,30)31/h1-4,9-11,19-21H,5-8,12-13,32H2. The van der Waals surface area contributed by atoms with Gasteiger partial charge in [-0.05, 0) is 48.7 Å². The summed E-state index contributed by atoms with van der Waals surface area (Å²) in [5, 5.41) is 0. The molecular formula is C24H24F7N3O. The summed E-state index contributed by atoms with van der Waals surface area (Å²) < 4.78 is 93.2. The van der Waals surface area contributed by atoms with E-state index in [9.17, 15) is 35.5 Å². The summed E-state index contributed by atoms with van der Waals surface area (Å²) in [6.45, 7) is 1.60. The molecule has 0 spiro atoms. The van der Waals surface area contributed by atoms with E-state index < -0.39 is 40.8 Å². The molecule has 0 aromatic heterocycles. The van der Waals surface area contributed by atoms with Crippen molar-refractivity contribution in [1.29, 1.82) is 0 Å². The number of rotatable bonds is 3. The summed E-state index contributed by atoms with van der Waals surface area (Å²) >= 11 is 0. The normalized spacial score (nSPS) is 24.1. The van der Waals surface area contributed by atoms with E-state index in [0.29, 0.717) is 25.1 Å². The highest BCUT2D eigenvalue weighted by Crippen LogP contribution is 2.38. The Morgan fingerprint density at radius 2 is 1.46 bits per heavy atom. The van der Waals surface area contributed by atoms with Gasteiger partial charge < -0.3 is 10.6 Å². The molecule has 2 N–H and O–H groups in total. The highest BCUT2D eigenvalue weighted by atomic mass is 19.4. The Hall–Kier alpha value is -2.66. The van der Waals surface area contributed by atoms with Crippen LogP contribution in [0, 0.1) is 5.82 Å². The van der Waals surface area contributed by atoms with Crippen molar-refractivity contribution in [3.05, 3.63) is 70.5 Å². The highest BCUT2D eigenvalue weighted by Gasteiger charge is 2.40. The van der Waals surface area contributed by atoms with Crippen LogP contribution in [0.15, 0.2) is 42.5 Å². The van der Waals surface area contributed by atoms with Gasteiger partial charge in [-0.3, -0.25) is 9.69 Å². The van der Waals surface area contributed by atoms with Crippen molar-refractivity contribution in [3.8, 4) is 0 Å². The van der Waals surface area contributed by atoms with E-state index in [1.807, 2.05) is 0 Å². The Bertz CT molecular complexity index is 1040. The van der Waals surface area contributed by atoms with Gasteiger partial charge in [-0.1, -0.05) is 12.1 Å². The number of piperidine rings is 1. The molecule has 4 rings (SSSR count). The second-order valence-electron chi connectivity index (χ2n) is 9.10. The maximum Gasteiger partial charge on any atom is 0.416 e. The number of halogens is 7. The van der Waals surface area contributed by atoms with Crippen LogP contribution in [0.2, 0.25) is 0 Å². The maximum absolute atomic E-state index is 13.5. The summed E-state index contributed by atoms with van der Waals surface area (Å²) in [6, 6.07) is 6.59. The average molecular weight is 503 g/mol. The monoisotopic (exact) mass is 503 g/mol. The molecule has 0 saturated carbocycles. The van der Waals surface area contributed by atoms with Crippen LogP contribution in [0.25, 0.3) is 0 Å². The summed E-state index contributed by atoms with van der Waals surface area (Å²) in [4.78, 5) is 16.6. The fourth-order valence-corrected chi connectivity index (χ4v) is 4.98. The van der Waals surface area contributed by atoms with E-state index >= 15 is 0 Å². The summed E-state index contributed by atoms with van der Waals surface area (Å²) in [5.41, 5.74) is 3.03. The lowest BCUT2D eigenvalue weighted by molar-refractivity contribution is -0.143. The van der Waals surface area contributed by atoms with Crippen LogP contribution in [0.5, 0.6) is 0 Å². The number of carbonyl (C=O) groups excluding carboxylic acids is 1. The van der Waals surface area contributed by atoms with E-state index in [0.717, 1.165) is 18.5 Å². The number of alkyl halides is 6. The SMILES string of the molecule is NC1CCN(C2CCN(C(=O)c3cc(C(F)(F)F)cc(C(F)(F)F)c3)CC2c2ccc(F)cc2)C1. The molecule has 2 aromatic carbocycles. The molecule has 11 heteroatoms. The van der Waals surface area contributed by atoms with Gasteiger partial charge in [0, 0.05) is 49.7 Å². The molecule has 2 saturated heterocycles. The van der Waals surface area contributed by atoms with Crippen LogP contribution >= 0.6 is 0 Å². The largest absolute Gasteiger partial charge is 0.416 e. The highest BCUT2D eigenvalue weighted by molar-refractivity contribution is 5.95. The number of likely N-dealkylation sites (tertiary alicyclic amines) is 2. The fraction of sp³-hybridized carbons (Fsp3) is 0.458. The van der Waals surface area contributed by atoms with E-state index in [1.54, 1.807) is 12.1 Å². The van der Waals surface area contributed by atoms with Gasteiger partial charge in [0.25, 0.3) is 5.91 Å². The molecule has 0 bridgehead atoms. The Morgan fingerprint density at radius 3 is 1.97 bits per heavy atom. The molecule has 1 amide bonds. The van der Waals surface area contributed by atoms with Crippen molar-refractivity contribution in [2.24, 2.45) is 5.73 Å². The Labute approximate surface area is 197 Å². The third-order valence-corrected chi connectivity index (χ3v) is 6.72. The van der Waals surface area contributed by atoms with Crippen molar-refractivity contribution in [2.45, 2.75) is 43.2 Å². The first-order valence-electron chi connectivity index (χ1n) is 11.2. The number of hydrogen-bond acceptors (Lipinski definition) is 3. The predicted molar refractivity (Wildman–Crippen MR) is 114 cm³/mol. The Balaban J connectivity index is 1.65. The molecule has 2 aliphatic heterocycles. The van der Waals surface area contributed by atoms with Gasteiger partial charge in [-0.2, -0.15) is 26.3 Å². The quantitative estimate of drug-likeness (QED) is 0.607. The minimum Gasteiger partial charge on any atom is -0.338 e. The second kappa shape index (κ2) is 9.42. The van der Waals surface area contributed by atoms with Crippen molar-refractivity contribution in [1.82, 2.24) is 9.80 Å². The van der Waals surface area contributed by atoms with E-state index in [4.69, 9.17) is 5.73 Å². The van der Waals surface area contributed by atoms with Crippen LogP contribution in [0.1, 0.15) is 45.8 Å². The molecule has 35 heavy (non-hydrogen) atoms. The van der Waals surface area contributed by atoms with Gasteiger partial charge in [-0.15, -0.1) is 0 Å². The van der Waals surface area contributed by atoms with E-state index in [2.05, 4.69) is 4.90 Å². The summed E-state index contributed by atoms with van der Waals surface area (Å²) in [7, 11) is 0. The molecule has 3 unspecified atom stereocenters. The van der Waals surface area contributed by atoms with Gasteiger partial charge in [0.15, 0.2) is 0 Å². The van der Waals surface area contributed by atoms with Crippen molar-refractivity contribution in [2.75, 3.05) is 26.2 Å². The summed E-state index contributed by atoms with van der Waals surface area (Å²) in [5.74, 6) is -1.67. The first kappa shape index (κ1) is 25.4. The molecule has 4 nitrogen and oxygen atoms in total. The topological polar surface area (TPSA) is 49.6 Å². The second-order valence-corrected chi connectivity index (χ2v) is 9.10. The minimum atomic E-state index is -5.05. The third-order valence-electron chi connectivity index (χ3n) is 6.72. The molecule has 2 heterocycles. The number of nitrogens with zero attached hydrogens (tertiary/aromatic N) is 2. The lowest BCUT2D eigenvalue weighted by atomic mass is 9.84. The van der Waals surface area contributed by atoms with Crippen molar-refractivity contribution in [3.63, 3.8) is 0 Å². The zero-order chi connectivity index (χ0) is 25.5. The molecule has 2 aliphatic rings. The zero-order valence-corrected chi connectivity index (χ0v) is 18.5. The van der Waals surface area contributed by atoms with Crippen LogP contribution in [0.4, 0.5) is 30.7 Å². The van der Waals surface area contributed by atoms with Gasteiger partial charge >= 0.3 is 12.4 Å². The van der Waals surface area contributed by atoms with E-state index in [1.165, 1.54) is 17.0 Å². The predicted octanol–water partition coefficient (Wildman–Crippen LogP) is 4.89. The smallest absolute Gasteiger partial charge is 0.338 e. The van der Waals surface area contributed by atoms with Crippen LogP contribution in [-0.2, 0) is 12.4 Å². The minimum absolute atomic E-state index is 0.000938. The van der Waals surface area contributed by atoms with Gasteiger partial charge in [0.1, 0.15) is 5.82 Å². The number of amides is 1. The Morgan fingerprint density at radius 1 is 0.857 bits per heavy atom. The third kappa shape index (κ3) is 5.61. The molecular weight excluding hydrogens is 479 g/mol. The Kier molecular flexibility index (Phi) is 6.85. The molecule has 2 aromatic rings. The van der Waals surface area contributed by atoms with E-state index in [-0.39, 0.29) is 37.2 Å². The first-order valence-corrected chi connectivity index (χ1v) is 11.2. The van der Waals surface area contributed by atoms with Crippen molar-refractivity contribution >= 4 is 5.91 Å². The molecule has 0 aliphatic carbocycles. The molecule has 0 radical (unpaired) electrons. The summed E-state index contributed by atoms with van der Waals surface area (Å²) in [6.07, 6.45) is -8.85. The van der Waals surface area contributed by atoms with Crippen LogP contribution in [0.3, 0.4) is 0 Å². The van der Waals surface area contributed by atoms with Crippen molar-refractivity contribution < 1.29 is 35.5 Å². The average Bonchev–Trinajstić information content (AvgIpc) is 3.23. The molecule has 2 fully saturated rings. The molecule has 190 valence electrons. The first-order chi connectivity index (χ1) is 16.3. The van der Waals surface area contributed by atoms with Gasteiger partial charge in [0.2, 0.25) is 0 Å². The number of nitrogens with two attached hydrogens (primary N) is 1. The lowest BCUT2D eigenvalue weighted by Gasteiger charge is -2.43. The lowest BCUT2D eigenvalue weighted by Crippen LogP contribution is -2.51. The van der Waals surface area contributed by atoms with Gasteiger partial charge in [-0.25, -0.2) is 4.39 Å². The number of hydrogen-bond donors (Lipinski definition) is 1. The number of benzene rings is 2. The zero-order valence-electron chi connectivity index (χ0n) is 18.5. The number of carbonyl (C=O) groups is 1. The fourth-order valence-electron chi connectivity index (χ4n) is 4.98. The maximum atomic E-state index is 13.5. The van der Waals surface area contributed by atoms with Gasteiger partial charge in [0.05, 0.1) is 11.1 Å². The molecule has 3 atom stereocenters.